The molecule has 0 bridgehead atoms. The molecule has 0 fully saturated rings. The van der Waals surface area contributed by atoms with Gasteiger partial charge in [0.1, 0.15) is 5.69 Å². The molecular formula is C14H16N4O. The number of hydrogen-bond donors (Lipinski definition) is 3. The van der Waals surface area contributed by atoms with E-state index in [0.29, 0.717) is 17.9 Å². The maximum atomic E-state index is 11.7. The average Bonchev–Trinajstić information content (AvgIpc) is 2.42. The number of amides is 1. The number of nitrogens with one attached hydrogen (secondary N) is 2. The molecule has 0 radical (unpaired) electrons. The summed E-state index contributed by atoms with van der Waals surface area (Å²) in [5, 5.41) is 5.91. The van der Waals surface area contributed by atoms with E-state index >= 15 is 0 Å². The lowest BCUT2D eigenvalue weighted by atomic mass is 10.2. The fourth-order valence-electron chi connectivity index (χ4n) is 1.62. The molecule has 5 nitrogen and oxygen atoms in total. The number of anilines is 3. The Balaban J connectivity index is 2.15. The molecule has 0 spiro atoms. The lowest BCUT2D eigenvalue weighted by Gasteiger charge is -2.08. The van der Waals surface area contributed by atoms with E-state index in [1.807, 2.05) is 31.2 Å². The fourth-order valence-corrected chi connectivity index (χ4v) is 1.62. The van der Waals surface area contributed by atoms with Crippen LogP contribution in [0.3, 0.4) is 0 Å². The van der Waals surface area contributed by atoms with Gasteiger partial charge in [-0.2, -0.15) is 0 Å². The molecule has 1 aromatic heterocycles. The van der Waals surface area contributed by atoms with E-state index in [0.717, 1.165) is 11.4 Å². The van der Waals surface area contributed by atoms with Gasteiger partial charge in [-0.1, -0.05) is 0 Å². The Bertz CT molecular complexity index is 566. The Morgan fingerprint density at radius 2 is 1.95 bits per heavy atom. The van der Waals surface area contributed by atoms with Gasteiger partial charge >= 0.3 is 0 Å². The van der Waals surface area contributed by atoms with E-state index in [1.165, 1.54) is 0 Å². The highest BCUT2D eigenvalue weighted by Gasteiger charge is 2.06. The first-order valence-corrected chi connectivity index (χ1v) is 6.06. The summed E-state index contributed by atoms with van der Waals surface area (Å²) in [6, 6.07) is 10.9. The van der Waals surface area contributed by atoms with E-state index in [2.05, 4.69) is 15.6 Å². The van der Waals surface area contributed by atoms with Gasteiger partial charge in [0.05, 0.1) is 0 Å². The van der Waals surface area contributed by atoms with Crippen LogP contribution in [0.2, 0.25) is 0 Å². The predicted octanol–water partition coefficient (Wildman–Crippen LogP) is 2.16. The van der Waals surface area contributed by atoms with E-state index in [4.69, 9.17) is 5.73 Å². The Hall–Kier alpha value is -2.56. The highest BCUT2D eigenvalue weighted by Crippen LogP contribution is 2.17. The van der Waals surface area contributed by atoms with Gasteiger partial charge in [-0.15, -0.1) is 0 Å². The van der Waals surface area contributed by atoms with Crippen LogP contribution >= 0.6 is 0 Å². The quantitative estimate of drug-likeness (QED) is 0.732. The first kappa shape index (κ1) is 12.9. The maximum Gasteiger partial charge on any atom is 0.269 e. The van der Waals surface area contributed by atoms with Crippen LogP contribution in [-0.2, 0) is 0 Å². The third-order valence-electron chi connectivity index (χ3n) is 2.53. The van der Waals surface area contributed by atoms with Crippen LogP contribution < -0.4 is 16.4 Å². The second kappa shape index (κ2) is 5.86. The molecule has 1 heterocycles. The topological polar surface area (TPSA) is 80.0 Å². The summed E-state index contributed by atoms with van der Waals surface area (Å²) in [6.07, 6.45) is 1.60. The summed E-state index contributed by atoms with van der Waals surface area (Å²) >= 11 is 0. The molecule has 0 saturated carbocycles. The normalized spacial score (nSPS) is 9.95. The van der Waals surface area contributed by atoms with E-state index in [1.54, 1.807) is 18.3 Å². The van der Waals surface area contributed by atoms with Crippen LogP contribution in [-0.4, -0.2) is 17.4 Å². The molecule has 0 aliphatic rings. The summed E-state index contributed by atoms with van der Waals surface area (Å²) in [7, 11) is 0. The van der Waals surface area contributed by atoms with Gasteiger partial charge in [0.2, 0.25) is 0 Å². The lowest BCUT2D eigenvalue weighted by Crippen LogP contribution is -2.23. The molecule has 0 atom stereocenters. The fraction of sp³-hybridized carbons (Fsp3) is 0.143. The minimum atomic E-state index is -0.177. The molecule has 2 aromatic rings. The Labute approximate surface area is 111 Å². The zero-order valence-corrected chi connectivity index (χ0v) is 10.7. The van der Waals surface area contributed by atoms with E-state index in [9.17, 15) is 4.79 Å². The number of aromatic nitrogens is 1. The number of carbonyl (C=O) groups is 1. The van der Waals surface area contributed by atoms with Crippen molar-refractivity contribution in [1.82, 2.24) is 10.3 Å². The molecule has 5 heteroatoms. The molecule has 19 heavy (non-hydrogen) atoms. The molecule has 1 aromatic carbocycles. The number of nitrogens with zero attached hydrogens (tertiary/aromatic N) is 1. The van der Waals surface area contributed by atoms with Gasteiger partial charge in [-0.05, 0) is 43.3 Å². The zero-order chi connectivity index (χ0) is 13.7. The molecule has 2 rings (SSSR count). The zero-order valence-electron chi connectivity index (χ0n) is 10.7. The predicted molar refractivity (Wildman–Crippen MR) is 76.4 cm³/mol. The van der Waals surface area contributed by atoms with Gasteiger partial charge in [0.25, 0.3) is 5.91 Å². The number of benzene rings is 1. The van der Waals surface area contributed by atoms with Crippen molar-refractivity contribution in [2.24, 2.45) is 0 Å². The van der Waals surface area contributed by atoms with Crippen LogP contribution in [0.1, 0.15) is 17.4 Å². The summed E-state index contributed by atoms with van der Waals surface area (Å²) in [6.45, 7) is 2.45. The second-order valence-corrected chi connectivity index (χ2v) is 4.04. The van der Waals surface area contributed by atoms with Crippen molar-refractivity contribution in [3.63, 3.8) is 0 Å². The van der Waals surface area contributed by atoms with Crippen molar-refractivity contribution in [2.75, 3.05) is 17.6 Å². The lowest BCUT2D eigenvalue weighted by molar-refractivity contribution is 0.0951. The molecular weight excluding hydrogens is 240 g/mol. The van der Waals surface area contributed by atoms with E-state index in [-0.39, 0.29) is 5.91 Å². The molecule has 0 aliphatic heterocycles. The highest BCUT2D eigenvalue weighted by atomic mass is 16.1. The van der Waals surface area contributed by atoms with Gasteiger partial charge in [0.15, 0.2) is 0 Å². The second-order valence-electron chi connectivity index (χ2n) is 4.04. The molecule has 1 amide bonds. The summed E-state index contributed by atoms with van der Waals surface area (Å²) < 4.78 is 0. The molecule has 0 saturated heterocycles. The summed E-state index contributed by atoms with van der Waals surface area (Å²) in [4.78, 5) is 15.7. The number of rotatable bonds is 4. The molecule has 98 valence electrons. The van der Waals surface area contributed by atoms with Crippen LogP contribution in [0.15, 0.2) is 42.6 Å². The Kier molecular flexibility index (Phi) is 3.97. The third kappa shape index (κ3) is 3.45. The maximum absolute atomic E-state index is 11.7. The highest BCUT2D eigenvalue weighted by molar-refractivity contribution is 5.93. The van der Waals surface area contributed by atoms with Crippen molar-refractivity contribution in [1.29, 1.82) is 0 Å². The molecule has 4 N–H and O–H groups in total. The summed E-state index contributed by atoms with van der Waals surface area (Å²) in [5.41, 5.74) is 8.44. The Morgan fingerprint density at radius 3 is 2.63 bits per heavy atom. The number of nitrogen functional groups attached to an aromatic ring is 1. The van der Waals surface area contributed by atoms with Crippen LogP contribution in [0, 0.1) is 0 Å². The van der Waals surface area contributed by atoms with Gasteiger partial charge in [0, 0.05) is 29.8 Å². The van der Waals surface area contributed by atoms with Crippen LogP contribution in [0.4, 0.5) is 17.1 Å². The first-order chi connectivity index (χ1) is 9.19. The number of pyridine rings is 1. The third-order valence-corrected chi connectivity index (χ3v) is 2.53. The van der Waals surface area contributed by atoms with E-state index < -0.39 is 0 Å². The smallest absolute Gasteiger partial charge is 0.269 e. The largest absolute Gasteiger partial charge is 0.399 e. The number of hydrogen-bond acceptors (Lipinski definition) is 4. The SMILES string of the molecule is CCNC(=O)c1cc(Nc2ccc(N)cc2)ccn1. The number of carbonyl (C=O) groups excluding carboxylic acids is 1. The van der Waals surface area contributed by atoms with Crippen LogP contribution in [0.5, 0.6) is 0 Å². The minimum absolute atomic E-state index is 0.177. The number of nitrogens with two attached hydrogens (primary N) is 1. The first-order valence-electron chi connectivity index (χ1n) is 6.06. The van der Waals surface area contributed by atoms with Gasteiger partial charge < -0.3 is 16.4 Å². The van der Waals surface area contributed by atoms with Crippen molar-refractivity contribution in [3.05, 3.63) is 48.3 Å². The Morgan fingerprint density at radius 1 is 1.21 bits per heavy atom. The average molecular weight is 256 g/mol. The monoisotopic (exact) mass is 256 g/mol. The van der Waals surface area contributed by atoms with Crippen LogP contribution in [0.25, 0.3) is 0 Å². The van der Waals surface area contributed by atoms with Crippen molar-refractivity contribution in [2.45, 2.75) is 6.92 Å². The van der Waals surface area contributed by atoms with Gasteiger partial charge in [-0.3, -0.25) is 9.78 Å². The molecule has 0 unspecified atom stereocenters. The van der Waals surface area contributed by atoms with Crippen molar-refractivity contribution >= 4 is 23.0 Å². The van der Waals surface area contributed by atoms with Crippen molar-refractivity contribution < 1.29 is 4.79 Å². The van der Waals surface area contributed by atoms with Crippen molar-refractivity contribution in [3.8, 4) is 0 Å². The summed E-state index contributed by atoms with van der Waals surface area (Å²) in [5.74, 6) is -0.177. The molecule has 0 aliphatic carbocycles. The minimum Gasteiger partial charge on any atom is -0.399 e. The van der Waals surface area contributed by atoms with Gasteiger partial charge in [-0.25, -0.2) is 0 Å². The standard InChI is InChI=1S/C14H16N4O/c1-2-16-14(19)13-9-12(7-8-17-13)18-11-5-3-10(15)4-6-11/h3-9H,2,15H2,1H3,(H,16,19)(H,17,18).